The first-order valence-corrected chi connectivity index (χ1v) is 26.3. The number of nitrogens with zero attached hydrogens (tertiary/aromatic N) is 5. The Morgan fingerprint density at radius 1 is 0.263 bits per heavy atom. The molecule has 5 nitrogen and oxygen atoms in total. The summed E-state index contributed by atoms with van der Waals surface area (Å²) >= 11 is 0. The van der Waals surface area contributed by atoms with Crippen LogP contribution in [0, 0.1) is 0 Å². The molecule has 0 amide bonds. The molecular formula is C71H41N5. The lowest BCUT2D eigenvalue weighted by Crippen LogP contribution is -2.42. The van der Waals surface area contributed by atoms with Crippen molar-refractivity contribution in [1.29, 1.82) is 0 Å². The number of hydrogen-bond acceptors (Lipinski definition) is 3. The summed E-state index contributed by atoms with van der Waals surface area (Å²) < 4.78 is 5.01. The Morgan fingerprint density at radius 3 is 1.12 bits per heavy atom. The molecular weight excluding hydrogens is 923 g/mol. The van der Waals surface area contributed by atoms with Gasteiger partial charge in [0.2, 0.25) is 0 Å². The average Bonchev–Trinajstić information content (AvgIpc) is 1.96. The lowest BCUT2D eigenvalue weighted by molar-refractivity contribution is 0.492. The van der Waals surface area contributed by atoms with Crippen LogP contribution >= 0.6 is 0 Å². The van der Waals surface area contributed by atoms with Crippen molar-refractivity contribution in [3.05, 3.63) is 282 Å². The smallest absolute Gasteiger partial charge is 0.164 e. The minimum atomic E-state index is -0.672. The largest absolute Gasteiger partial charge is 0.309 e. The van der Waals surface area contributed by atoms with E-state index in [0.29, 0.717) is 17.5 Å². The summed E-state index contributed by atoms with van der Waals surface area (Å²) in [6.07, 6.45) is 0. The highest BCUT2D eigenvalue weighted by Crippen LogP contribution is 2.76. The third-order valence-corrected chi connectivity index (χ3v) is 17.6. The van der Waals surface area contributed by atoms with Crippen molar-refractivity contribution in [2.45, 2.75) is 10.8 Å². The van der Waals surface area contributed by atoms with Crippen LogP contribution in [0.5, 0.6) is 0 Å². The molecule has 15 aromatic rings. The summed E-state index contributed by atoms with van der Waals surface area (Å²) in [4.78, 5) is 15.8. The van der Waals surface area contributed by atoms with Gasteiger partial charge in [0.05, 0.1) is 32.9 Å². The van der Waals surface area contributed by atoms with E-state index in [4.69, 9.17) is 15.0 Å². The van der Waals surface area contributed by atoms with E-state index in [1.54, 1.807) is 0 Å². The van der Waals surface area contributed by atoms with E-state index in [0.717, 1.165) is 33.5 Å². The van der Waals surface area contributed by atoms with Crippen LogP contribution in [0.25, 0.3) is 121 Å². The van der Waals surface area contributed by atoms with Crippen molar-refractivity contribution < 1.29 is 0 Å². The minimum absolute atomic E-state index is 0.640. The highest BCUT2D eigenvalue weighted by molar-refractivity contribution is 6.27. The van der Waals surface area contributed by atoms with Gasteiger partial charge in [0.25, 0.3) is 0 Å². The molecule has 0 saturated heterocycles. The second-order valence-electron chi connectivity index (χ2n) is 20.9. The van der Waals surface area contributed by atoms with Crippen molar-refractivity contribution in [2.75, 3.05) is 0 Å². The molecule has 3 aliphatic carbocycles. The fourth-order valence-corrected chi connectivity index (χ4v) is 15.0. The molecule has 0 aliphatic heterocycles. The van der Waals surface area contributed by atoms with E-state index in [1.165, 1.54) is 104 Å². The van der Waals surface area contributed by atoms with Gasteiger partial charge in [-0.25, -0.2) is 15.0 Å². The Labute approximate surface area is 436 Å². The van der Waals surface area contributed by atoms with Crippen LogP contribution in [-0.4, -0.2) is 24.1 Å². The maximum atomic E-state index is 5.36. The molecule has 3 aromatic heterocycles. The van der Waals surface area contributed by atoms with Crippen LogP contribution in [0.4, 0.5) is 0 Å². The van der Waals surface area contributed by atoms with Crippen molar-refractivity contribution in [1.82, 2.24) is 24.1 Å². The van der Waals surface area contributed by atoms with Crippen molar-refractivity contribution in [3.8, 4) is 45.5 Å². The SMILES string of the molecule is c1ccc(-c2nc(-c3ccccc3)nc(-c3ccc4c5c(cccc35)C35c6cccc7c6c(cc6c8ccccc8n(-c8ccccc8)c76)C43c3cc4c6ccccc6n(-c6ccccc6)c4c4cccc5c34)n2)cc1. The zero-order valence-corrected chi connectivity index (χ0v) is 40.9. The first-order valence-electron chi connectivity index (χ1n) is 26.3. The molecule has 18 rings (SSSR count). The zero-order valence-electron chi connectivity index (χ0n) is 40.9. The van der Waals surface area contributed by atoms with E-state index in [9.17, 15) is 0 Å². The fourth-order valence-electron chi connectivity index (χ4n) is 15.0. The fraction of sp³-hybridized carbons (Fsp3) is 0.0282. The predicted molar refractivity (Wildman–Crippen MR) is 310 cm³/mol. The Balaban J connectivity index is 1.02. The molecule has 3 heterocycles. The molecule has 76 heavy (non-hydrogen) atoms. The third-order valence-electron chi connectivity index (χ3n) is 17.6. The molecule has 0 bridgehead atoms. The van der Waals surface area contributed by atoms with Gasteiger partial charge in [-0.2, -0.15) is 0 Å². The number of rotatable bonds is 5. The number of para-hydroxylation sites is 4. The molecule has 0 N–H and O–H groups in total. The zero-order chi connectivity index (χ0) is 49.4. The summed E-state index contributed by atoms with van der Waals surface area (Å²) in [5.74, 6) is 1.96. The first kappa shape index (κ1) is 40.5. The first-order chi connectivity index (χ1) is 37.7. The highest BCUT2D eigenvalue weighted by atomic mass is 15.0. The van der Waals surface area contributed by atoms with Crippen LogP contribution in [-0.2, 0) is 10.8 Å². The molecule has 3 aliphatic rings. The predicted octanol–water partition coefficient (Wildman–Crippen LogP) is 16.8. The molecule has 0 unspecified atom stereocenters. The van der Waals surface area contributed by atoms with Crippen molar-refractivity contribution >= 4 is 75.9 Å². The van der Waals surface area contributed by atoms with Gasteiger partial charge in [0.1, 0.15) is 0 Å². The van der Waals surface area contributed by atoms with Crippen LogP contribution in [0.3, 0.4) is 0 Å². The number of fused-ring (bicyclic) bond motifs is 8. The maximum Gasteiger partial charge on any atom is 0.164 e. The second-order valence-corrected chi connectivity index (χ2v) is 20.9. The lowest BCUT2D eigenvalue weighted by Gasteiger charge is -2.40. The molecule has 350 valence electrons. The van der Waals surface area contributed by atoms with Crippen LogP contribution in [0.2, 0.25) is 0 Å². The van der Waals surface area contributed by atoms with E-state index in [-0.39, 0.29) is 0 Å². The van der Waals surface area contributed by atoms with E-state index < -0.39 is 10.8 Å². The molecule has 0 spiro atoms. The highest BCUT2D eigenvalue weighted by Gasteiger charge is 2.70. The summed E-state index contributed by atoms with van der Waals surface area (Å²) in [5.41, 5.74) is 16.8. The molecule has 12 aromatic carbocycles. The summed E-state index contributed by atoms with van der Waals surface area (Å²) in [6, 6.07) is 91.9. The monoisotopic (exact) mass is 963 g/mol. The van der Waals surface area contributed by atoms with Gasteiger partial charge in [0, 0.05) is 60.4 Å². The second kappa shape index (κ2) is 14.4. The van der Waals surface area contributed by atoms with E-state index in [2.05, 4.69) is 221 Å². The Bertz CT molecular complexity index is 4770. The average molecular weight is 964 g/mol. The summed E-state index contributed by atoms with van der Waals surface area (Å²) in [7, 11) is 0. The lowest BCUT2D eigenvalue weighted by atomic mass is 9.59. The number of hydrogen-bond donors (Lipinski definition) is 0. The molecule has 0 saturated carbocycles. The van der Waals surface area contributed by atoms with Crippen LogP contribution in [0.1, 0.15) is 33.4 Å². The van der Waals surface area contributed by atoms with E-state index >= 15 is 0 Å². The van der Waals surface area contributed by atoms with Crippen LogP contribution in [0.15, 0.2) is 249 Å². The van der Waals surface area contributed by atoms with Crippen molar-refractivity contribution in [3.63, 3.8) is 0 Å². The van der Waals surface area contributed by atoms with Gasteiger partial charge in [-0.15, -0.1) is 0 Å². The van der Waals surface area contributed by atoms with E-state index in [1.807, 2.05) is 36.4 Å². The summed E-state index contributed by atoms with van der Waals surface area (Å²) in [5, 5.41) is 12.6. The topological polar surface area (TPSA) is 48.5 Å². The Hall–Kier alpha value is -9.97. The normalized spacial score (nSPS) is 16.8. The Morgan fingerprint density at radius 2 is 0.632 bits per heavy atom. The standard InChI is InChI=1S/C71H41N5/c1-5-20-42(21-6-1)67-72-68(43-22-7-2-8-23-43)74-69(73-67)49-38-39-57-62-48(49)30-17-33-54(62)70-55-34-18-31-50-63(55)58(40-52-46-28-13-15-36-60(46)75(65(50)52)44-24-9-3-10-25-44)71(57,70)59-41-53-47-29-14-16-37-61(47)76(45-26-11-4-12-27-45)66(53)51-32-19-35-56(70)64(51)59/h1-41H. The van der Waals surface area contributed by atoms with Gasteiger partial charge in [-0.1, -0.05) is 200 Å². The molecule has 5 heteroatoms. The molecule has 0 radical (unpaired) electrons. The van der Waals surface area contributed by atoms with Crippen molar-refractivity contribution in [2.24, 2.45) is 0 Å². The maximum absolute atomic E-state index is 5.36. The Kier molecular flexibility index (Phi) is 7.68. The number of benzene rings is 12. The van der Waals surface area contributed by atoms with Gasteiger partial charge in [-0.05, 0) is 103 Å². The van der Waals surface area contributed by atoms with Gasteiger partial charge in [0.15, 0.2) is 17.5 Å². The minimum Gasteiger partial charge on any atom is -0.309 e. The van der Waals surface area contributed by atoms with Crippen LogP contribution < -0.4 is 0 Å². The van der Waals surface area contributed by atoms with Gasteiger partial charge >= 0.3 is 0 Å². The van der Waals surface area contributed by atoms with Gasteiger partial charge < -0.3 is 9.13 Å². The third kappa shape index (κ3) is 4.72. The quantitative estimate of drug-likeness (QED) is 0.173. The molecule has 0 fully saturated rings. The summed E-state index contributed by atoms with van der Waals surface area (Å²) in [6.45, 7) is 0. The van der Waals surface area contributed by atoms with Gasteiger partial charge in [-0.3, -0.25) is 0 Å². The number of aromatic nitrogens is 5. The molecule has 0 atom stereocenters.